The molecule has 5 nitrogen and oxygen atoms in total. The Morgan fingerprint density at radius 2 is 2.10 bits per heavy atom. The molecule has 0 unspecified atom stereocenters. The van der Waals surface area contributed by atoms with Gasteiger partial charge in [0.1, 0.15) is 0 Å². The molecule has 1 amide bonds. The molecular formula is C16H25N3O2. The van der Waals surface area contributed by atoms with Gasteiger partial charge in [-0.2, -0.15) is 0 Å². The Morgan fingerprint density at radius 3 is 2.71 bits per heavy atom. The topological polar surface area (TPSA) is 45.7 Å². The van der Waals surface area contributed by atoms with Gasteiger partial charge in [0, 0.05) is 33.1 Å². The number of pyridine rings is 1. The lowest BCUT2D eigenvalue weighted by Gasteiger charge is -2.31. The Labute approximate surface area is 126 Å². The summed E-state index contributed by atoms with van der Waals surface area (Å²) >= 11 is 0. The highest BCUT2D eigenvalue weighted by Gasteiger charge is 2.22. The first kappa shape index (κ1) is 15.8. The van der Waals surface area contributed by atoms with Crippen molar-refractivity contribution >= 4 is 5.91 Å². The summed E-state index contributed by atoms with van der Waals surface area (Å²) in [5.41, 5.74) is 1.04. The summed E-state index contributed by atoms with van der Waals surface area (Å²) in [5.74, 6) is 1.43. The van der Waals surface area contributed by atoms with Gasteiger partial charge in [0.15, 0.2) is 0 Å². The first-order chi connectivity index (χ1) is 10.1. The molecule has 0 aliphatic carbocycles. The fourth-order valence-electron chi connectivity index (χ4n) is 2.67. The van der Waals surface area contributed by atoms with Crippen LogP contribution in [0.2, 0.25) is 0 Å². The Bertz CT molecular complexity index is 468. The number of hydrogen-bond donors (Lipinski definition) is 0. The predicted octanol–water partition coefficient (Wildman–Crippen LogP) is 1.78. The van der Waals surface area contributed by atoms with E-state index in [1.165, 1.54) is 0 Å². The molecule has 2 rings (SSSR count). The third-order valence-corrected chi connectivity index (χ3v) is 4.05. The number of piperidine rings is 1. The Kier molecular flexibility index (Phi) is 5.56. The maximum atomic E-state index is 11.7. The average Bonchev–Trinajstić information content (AvgIpc) is 2.49. The maximum Gasteiger partial charge on any atom is 0.222 e. The average molecular weight is 291 g/mol. The zero-order valence-electron chi connectivity index (χ0n) is 13.2. The van der Waals surface area contributed by atoms with E-state index in [1.54, 1.807) is 12.0 Å². The number of nitrogens with zero attached hydrogens (tertiary/aromatic N) is 3. The first-order valence-electron chi connectivity index (χ1n) is 7.51. The van der Waals surface area contributed by atoms with Crippen molar-refractivity contribution in [3.8, 4) is 5.88 Å². The fourth-order valence-corrected chi connectivity index (χ4v) is 2.67. The lowest BCUT2D eigenvalue weighted by atomic mass is 9.93. The van der Waals surface area contributed by atoms with Crippen molar-refractivity contribution in [2.24, 2.45) is 5.92 Å². The maximum absolute atomic E-state index is 11.7. The molecule has 0 N–H and O–H groups in total. The molecule has 0 atom stereocenters. The number of rotatable bonds is 5. The van der Waals surface area contributed by atoms with Crippen molar-refractivity contribution in [1.82, 2.24) is 14.8 Å². The standard InChI is InChI=1S/C16H25N3O2/c1-18(2)16(20)11-13-7-9-19(10-8-13)12-14-5-4-6-15(17-14)21-3/h4-6,13H,7-12H2,1-3H3. The summed E-state index contributed by atoms with van der Waals surface area (Å²) in [6, 6.07) is 5.87. The van der Waals surface area contributed by atoms with Crippen LogP contribution in [-0.2, 0) is 11.3 Å². The summed E-state index contributed by atoms with van der Waals surface area (Å²) in [5, 5.41) is 0. The zero-order valence-corrected chi connectivity index (χ0v) is 13.2. The van der Waals surface area contributed by atoms with Gasteiger partial charge in [-0.05, 0) is 37.9 Å². The molecule has 0 spiro atoms. The molecule has 1 aromatic heterocycles. The molecule has 1 aromatic rings. The minimum absolute atomic E-state index is 0.239. The van der Waals surface area contributed by atoms with Crippen LogP contribution in [-0.4, -0.2) is 55.0 Å². The van der Waals surface area contributed by atoms with Crippen LogP contribution in [0.15, 0.2) is 18.2 Å². The largest absolute Gasteiger partial charge is 0.481 e. The van der Waals surface area contributed by atoms with Crippen molar-refractivity contribution in [3.05, 3.63) is 23.9 Å². The summed E-state index contributed by atoms with van der Waals surface area (Å²) in [6.07, 6.45) is 2.85. The van der Waals surface area contributed by atoms with E-state index in [1.807, 2.05) is 32.3 Å². The molecule has 0 saturated carbocycles. The lowest BCUT2D eigenvalue weighted by Crippen LogP contribution is -2.35. The summed E-state index contributed by atoms with van der Waals surface area (Å²) < 4.78 is 5.16. The van der Waals surface area contributed by atoms with Gasteiger partial charge in [-0.3, -0.25) is 9.69 Å². The summed E-state index contributed by atoms with van der Waals surface area (Å²) in [4.78, 5) is 20.3. The highest BCUT2D eigenvalue weighted by molar-refractivity contribution is 5.75. The number of amides is 1. The molecule has 116 valence electrons. The van der Waals surface area contributed by atoms with E-state index in [9.17, 15) is 4.79 Å². The molecule has 21 heavy (non-hydrogen) atoms. The van der Waals surface area contributed by atoms with Crippen LogP contribution in [0.3, 0.4) is 0 Å². The Balaban J connectivity index is 1.80. The third-order valence-electron chi connectivity index (χ3n) is 4.05. The van der Waals surface area contributed by atoms with E-state index in [-0.39, 0.29) is 5.91 Å². The molecule has 1 fully saturated rings. The van der Waals surface area contributed by atoms with Crippen LogP contribution in [0.1, 0.15) is 25.0 Å². The van der Waals surface area contributed by atoms with Crippen LogP contribution in [0.25, 0.3) is 0 Å². The van der Waals surface area contributed by atoms with E-state index in [0.29, 0.717) is 18.2 Å². The molecule has 2 heterocycles. The molecule has 1 aliphatic heterocycles. The van der Waals surface area contributed by atoms with E-state index < -0.39 is 0 Å². The fraction of sp³-hybridized carbons (Fsp3) is 0.625. The normalized spacial score (nSPS) is 16.7. The SMILES string of the molecule is COc1cccc(CN2CCC(CC(=O)N(C)C)CC2)n1. The molecule has 1 aliphatic rings. The highest BCUT2D eigenvalue weighted by atomic mass is 16.5. The molecule has 0 aromatic carbocycles. The van der Waals surface area contributed by atoms with E-state index in [4.69, 9.17) is 4.74 Å². The van der Waals surface area contributed by atoms with Crippen LogP contribution in [0, 0.1) is 5.92 Å². The number of carbonyl (C=O) groups is 1. The van der Waals surface area contributed by atoms with Crippen LogP contribution in [0.5, 0.6) is 5.88 Å². The Hall–Kier alpha value is -1.62. The second kappa shape index (κ2) is 7.41. The number of carbonyl (C=O) groups excluding carboxylic acids is 1. The molecular weight excluding hydrogens is 266 g/mol. The van der Waals surface area contributed by atoms with Crippen molar-refractivity contribution in [2.75, 3.05) is 34.3 Å². The first-order valence-corrected chi connectivity index (χ1v) is 7.51. The predicted molar refractivity (Wildman–Crippen MR) is 82.1 cm³/mol. The van der Waals surface area contributed by atoms with E-state index >= 15 is 0 Å². The number of aromatic nitrogens is 1. The van der Waals surface area contributed by atoms with Crippen LogP contribution >= 0.6 is 0 Å². The minimum atomic E-state index is 0.239. The number of likely N-dealkylation sites (tertiary alicyclic amines) is 1. The van der Waals surface area contributed by atoms with Gasteiger partial charge >= 0.3 is 0 Å². The highest BCUT2D eigenvalue weighted by Crippen LogP contribution is 2.22. The second-order valence-corrected chi connectivity index (χ2v) is 5.88. The second-order valence-electron chi connectivity index (χ2n) is 5.88. The van der Waals surface area contributed by atoms with Gasteiger partial charge in [0.05, 0.1) is 12.8 Å². The quantitative estimate of drug-likeness (QED) is 0.829. The minimum Gasteiger partial charge on any atom is -0.481 e. The molecule has 0 radical (unpaired) electrons. The Morgan fingerprint density at radius 1 is 1.38 bits per heavy atom. The van der Waals surface area contributed by atoms with Gasteiger partial charge in [0.25, 0.3) is 0 Å². The van der Waals surface area contributed by atoms with Gasteiger partial charge in [-0.15, -0.1) is 0 Å². The lowest BCUT2D eigenvalue weighted by molar-refractivity contribution is -0.130. The zero-order chi connectivity index (χ0) is 15.2. The molecule has 0 bridgehead atoms. The number of hydrogen-bond acceptors (Lipinski definition) is 4. The monoisotopic (exact) mass is 291 g/mol. The van der Waals surface area contributed by atoms with Crippen molar-refractivity contribution in [2.45, 2.75) is 25.8 Å². The third kappa shape index (κ3) is 4.70. The summed E-state index contributed by atoms with van der Waals surface area (Å²) in [7, 11) is 5.29. The van der Waals surface area contributed by atoms with Crippen molar-refractivity contribution < 1.29 is 9.53 Å². The molecule has 1 saturated heterocycles. The molecule has 5 heteroatoms. The van der Waals surface area contributed by atoms with E-state index in [0.717, 1.165) is 38.2 Å². The smallest absolute Gasteiger partial charge is 0.222 e. The van der Waals surface area contributed by atoms with Crippen molar-refractivity contribution in [3.63, 3.8) is 0 Å². The number of methoxy groups -OCH3 is 1. The van der Waals surface area contributed by atoms with Crippen LogP contribution < -0.4 is 4.74 Å². The number of ether oxygens (including phenoxy) is 1. The van der Waals surface area contributed by atoms with Gasteiger partial charge < -0.3 is 9.64 Å². The van der Waals surface area contributed by atoms with Gasteiger partial charge in [0.2, 0.25) is 11.8 Å². The van der Waals surface area contributed by atoms with Crippen LogP contribution in [0.4, 0.5) is 0 Å². The van der Waals surface area contributed by atoms with E-state index in [2.05, 4.69) is 9.88 Å². The van der Waals surface area contributed by atoms with Crippen molar-refractivity contribution in [1.29, 1.82) is 0 Å². The van der Waals surface area contributed by atoms with Gasteiger partial charge in [-0.1, -0.05) is 6.07 Å². The summed E-state index contributed by atoms with van der Waals surface area (Å²) in [6.45, 7) is 2.92. The van der Waals surface area contributed by atoms with Gasteiger partial charge in [-0.25, -0.2) is 4.98 Å².